The van der Waals surface area contributed by atoms with Crippen molar-refractivity contribution in [3.05, 3.63) is 30.2 Å². The molecule has 2 amide bonds. The van der Waals surface area contributed by atoms with Crippen LogP contribution in [0.25, 0.3) is 0 Å². The fraction of sp³-hybridized carbons (Fsp3) is 0.632. The molecule has 1 spiro atoms. The highest BCUT2D eigenvalue weighted by Gasteiger charge is 2.67. The number of likely N-dealkylation sites (tertiary alicyclic amines) is 1. The number of hydrogen-bond acceptors (Lipinski definition) is 5. The zero-order chi connectivity index (χ0) is 18.7. The van der Waals surface area contributed by atoms with E-state index in [0.717, 1.165) is 0 Å². The van der Waals surface area contributed by atoms with Gasteiger partial charge in [-0.25, -0.2) is 0 Å². The lowest BCUT2D eigenvalue weighted by molar-refractivity contribution is -0.143. The maximum absolute atomic E-state index is 13.1. The Kier molecular flexibility index (Phi) is 3.77. The van der Waals surface area contributed by atoms with Gasteiger partial charge in [0, 0.05) is 19.7 Å². The van der Waals surface area contributed by atoms with E-state index in [4.69, 9.17) is 9.26 Å². The molecule has 1 aromatic rings. The third kappa shape index (κ3) is 2.65. The second kappa shape index (κ2) is 5.67. The van der Waals surface area contributed by atoms with Crippen LogP contribution in [0.15, 0.2) is 28.9 Å². The molecule has 0 saturated carbocycles. The van der Waals surface area contributed by atoms with Crippen LogP contribution in [0.2, 0.25) is 0 Å². The lowest BCUT2D eigenvalue weighted by atomic mass is 9.76. The van der Waals surface area contributed by atoms with E-state index >= 15 is 0 Å². The van der Waals surface area contributed by atoms with E-state index in [9.17, 15) is 9.59 Å². The smallest absolute Gasteiger partial charge is 0.230 e. The number of fused-ring (bicyclic) bond motifs is 1. The Morgan fingerprint density at radius 1 is 1.46 bits per heavy atom. The Bertz CT molecular complexity index is 751. The molecule has 4 heterocycles. The van der Waals surface area contributed by atoms with Gasteiger partial charge in [0.05, 0.1) is 37.2 Å². The summed E-state index contributed by atoms with van der Waals surface area (Å²) in [5.74, 6) is -0.371. The molecule has 0 radical (unpaired) electrons. The molecule has 4 atom stereocenters. The number of rotatable bonds is 4. The summed E-state index contributed by atoms with van der Waals surface area (Å²) >= 11 is 0. The molecule has 2 fully saturated rings. The Morgan fingerprint density at radius 3 is 2.88 bits per heavy atom. The third-order valence-electron chi connectivity index (χ3n) is 5.39. The highest BCUT2D eigenvalue weighted by Crippen LogP contribution is 2.52. The summed E-state index contributed by atoms with van der Waals surface area (Å²) in [6, 6.07) is 1.73. The Morgan fingerprint density at radius 2 is 2.23 bits per heavy atom. The molecule has 7 heteroatoms. The minimum absolute atomic E-state index is 0.00472. The van der Waals surface area contributed by atoms with Gasteiger partial charge in [0.15, 0.2) is 5.76 Å². The van der Waals surface area contributed by atoms with Crippen molar-refractivity contribution in [1.82, 2.24) is 15.0 Å². The van der Waals surface area contributed by atoms with Gasteiger partial charge in [-0.05, 0) is 5.41 Å². The molecule has 7 nitrogen and oxygen atoms in total. The molecule has 0 N–H and O–H groups in total. The van der Waals surface area contributed by atoms with Gasteiger partial charge < -0.3 is 19.1 Å². The lowest BCUT2D eigenvalue weighted by Crippen LogP contribution is -2.44. The minimum Gasteiger partial charge on any atom is -0.360 e. The van der Waals surface area contributed by atoms with Crippen LogP contribution in [-0.2, 0) is 20.9 Å². The second-order valence-electron chi connectivity index (χ2n) is 8.83. The maximum atomic E-state index is 13.1. The molecule has 26 heavy (non-hydrogen) atoms. The van der Waals surface area contributed by atoms with Gasteiger partial charge in [-0.3, -0.25) is 9.59 Å². The van der Waals surface area contributed by atoms with Gasteiger partial charge in [0.1, 0.15) is 5.60 Å². The standard InChI is InChI=1S/C19H25N3O4/c1-18(2,3)10-22-11-19-7-5-13(25-19)14(15(19)17(22)24)16(23)21(4)9-12-6-8-20-26-12/h5-8,13-15H,9-11H2,1-4H3/t13-,14+,15-,19-/m0/s1. The third-order valence-corrected chi connectivity index (χ3v) is 5.39. The number of ether oxygens (including phenoxy) is 1. The number of hydrogen-bond donors (Lipinski definition) is 0. The average molecular weight is 359 g/mol. The van der Waals surface area contributed by atoms with E-state index in [1.165, 1.54) is 0 Å². The van der Waals surface area contributed by atoms with E-state index < -0.39 is 17.4 Å². The molecular weight excluding hydrogens is 334 g/mol. The zero-order valence-corrected chi connectivity index (χ0v) is 15.6. The summed E-state index contributed by atoms with van der Waals surface area (Å²) in [6.07, 6.45) is 5.15. The molecule has 3 aliphatic heterocycles. The molecule has 0 aliphatic carbocycles. The van der Waals surface area contributed by atoms with Crippen LogP contribution < -0.4 is 0 Å². The predicted octanol–water partition coefficient (Wildman–Crippen LogP) is 1.46. The normalized spacial score (nSPS) is 32.4. The summed E-state index contributed by atoms with van der Waals surface area (Å²) in [6.45, 7) is 7.82. The maximum Gasteiger partial charge on any atom is 0.230 e. The summed E-state index contributed by atoms with van der Waals surface area (Å²) in [5, 5.41) is 3.67. The second-order valence-corrected chi connectivity index (χ2v) is 8.83. The lowest BCUT2D eigenvalue weighted by Gasteiger charge is -2.29. The van der Waals surface area contributed by atoms with Crippen LogP contribution in [0.4, 0.5) is 0 Å². The first-order valence-electron chi connectivity index (χ1n) is 9.01. The van der Waals surface area contributed by atoms with Gasteiger partial charge in [0.2, 0.25) is 11.8 Å². The van der Waals surface area contributed by atoms with Crippen molar-refractivity contribution in [2.45, 2.75) is 39.0 Å². The summed E-state index contributed by atoms with van der Waals surface area (Å²) < 4.78 is 11.3. The first-order chi connectivity index (χ1) is 12.2. The Hall–Kier alpha value is -2.15. The zero-order valence-electron chi connectivity index (χ0n) is 15.6. The van der Waals surface area contributed by atoms with Gasteiger partial charge >= 0.3 is 0 Å². The van der Waals surface area contributed by atoms with Crippen LogP contribution in [0, 0.1) is 17.3 Å². The minimum atomic E-state index is -0.652. The van der Waals surface area contributed by atoms with E-state index in [1.54, 1.807) is 24.2 Å². The molecule has 140 valence electrons. The number of amides is 2. The first kappa shape index (κ1) is 17.3. The molecule has 2 saturated heterocycles. The molecule has 2 bridgehead atoms. The SMILES string of the molecule is CN(Cc1ccno1)C(=O)[C@@H]1[C@@H]2C=C[C@@]3(CN(CC(C)(C)C)C(=O)[C@H]13)O2. The van der Waals surface area contributed by atoms with Crippen LogP contribution in [0.3, 0.4) is 0 Å². The fourth-order valence-corrected chi connectivity index (χ4v) is 4.46. The highest BCUT2D eigenvalue weighted by molar-refractivity contribution is 5.93. The summed E-state index contributed by atoms with van der Waals surface area (Å²) in [4.78, 5) is 29.7. The predicted molar refractivity (Wildman–Crippen MR) is 92.7 cm³/mol. The van der Waals surface area contributed by atoms with Crippen molar-refractivity contribution in [2.75, 3.05) is 20.1 Å². The monoisotopic (exact) mass is 359 g/mol. The van der Waals surface area contributed by atoms with Crippen LogP contribution in [0.5, 0.6) is 0 Å². The number of carbonyl (C=O) groups is 2. The molecule has 1 aromatic heterocycles. The van der Waals surface area contributed by atoms with Crippen LogP contribution in [-0.4, -0.2) is 58.6 Å². The van der Waals surface area contributed by atoms with E-state index in [1.807, 2.05) is 17.1 Å². The van der Waals surface area contributed by atoms with Gasteiger partial charge in [0.25, 0.3) is 0 Å². The molecular formula is C19H25N3O4. The first-order valence-corrected chi connectivity index (χ1v) is 9.01. The summed E-state index contributed by atoms with van der Waals surface area (Å²) in [5.41, 5.74) is -0.657. The average Bonchev–Trinajstić information content (AvgIpc) is 3.29. The summed E-state index contributed by atoms with van der Waals surface area (Å²) in [7, 11) is 1.72. The Balaban J connectivity index is 1.56. The molecule has 4 rings (SSSR count). The molecule has 0 unspecified atom stereocenters. The number of nitrogens with zero attached hydrogens (tertiary/aromatic N) is 3. The van der Waals surface area contributed by atoms with Crippen molar-refractivity contribution >= 4 is 11.8 Å². The fourth-order valence-electron chi connectivity index (χ4n) is 4.46. The molecule has 3 aliphatic rings. The largest absolute Gasteiger partial charge is 0.360 e. The Labute approximate surface area is 152 Å². The molecule has 0 aromatic carbocycles. The quantitative estimate of drug-likeness (QED) is 0.761. The highest BCUT2D eigenvalue weighted by atomic mass is 16.5. The van der Waals surface area contributed by atoms with E-state index in [0.29, 0.717) is 25.4 Å². The van der Waals surface area contributed by atoms with Crippen LogP contribution in [0.1, 0.15) is 26.5 Å². The van der Waals surface area contributed by atoms with Crippen molar-refractivity contribution in [2.24, 2.45) is 17.3 Å². The van der Waals surface area contributed by atoms with E-state index in [-0.39, 0.29) is 23.3 Å². The van der Waals surface area contributed by atoms with Gasteiger partial charge in [-0.15, -0.1) is 0 Å². The van der Waals surface area contributed by atoms with Crippen molar-refractivity contribution in [3.8, 4) is 0 Å². The van der Waals surface area contributed by atoms with Crippen molar-refractivity contribution in [1.29, 1.82) is 0 Å². The van der Waals surface area contributed by atoms with Gasteiger partial charge in [-0.2, -0.15) is 0 Å². The van der Waals surface area contributed by atoms with Crippen molar-refractivity contribution < 1.29 is 18.8 Å². The van der Waals surface area contributed by atoms with Crippen molar-refractivity contribution in [3.63, 3.8) is 0 Å². The number of aromatic nitrogens is 1. The number of carbonyl (C=O) groups excluding carboxylic acids is 2. The van der Waals surface area contributed by atoms with Gasteiger partial charge in [-0.1, -0.05) is 38.1 Å². The van der Waals surface area contributed by atoms with Crippen LogP contribution >= 0.6 is 0 Å². The van der Waals surface area contributed by atoms with E-state index in [2.05, 4.69) is 25.9 Å². The topological polar surface area (TPSA) is 75.9 Å².